The Hall–Kier alpha value is -4.37. The van der Waals surface area contributed by atoms with Crippen molar-refractivity contribution < 1.29 is 50.6 Å². The van der Waals surface area contributed by atoms with Crippen LogP contribution in [-0.4, -0.2) is 45.8 Å². The number of thiocarbonyl (C=S) groups is 1. The molecule has 0 unspecified atom stereocenters. The lowest BCUT2D eigenvalue weighted by atomic mass is 9.97. The van der Waals surface area contributed by atoms with E-state index in [0.29, 0.717) is 17.8 Å². The summed E-state index contributed by atoms with van der Waals surface area (Å²) >= 11 is 6.19. The van der Waals surface area contributed by atoms with Crippen molar-refractivity contribution in [1.82, 2.24) is 4.90 Å². The van der Waals surface area contributed by atoms with Gasteiger partial charge in [0.25, 0.3) is 5.91 Å². The van der Waals surface area contributed by atoms with Crippen LogP contribution in [0.3, 0.4) is 0 Å². The standard InChI is InChI=1S/C29H20F6N2O5S2/c1-42-22-7-4-16(17-11-19(28(30,31)32)14-20(12-17)29(33,34)35)10-18(22)13-23-25(39)37(27(43)44-23)9-8-24(38)36-21-5-2-15(3-6-21)26(40)41/h2-7,10-14H,8-9H2,1H3,(H,36,38)(H,40,41). The third-order valence-corrected chi connectivity index (χ3v) is 7.67. The van der Waals surface area contributed by atoms with Gasteiger partial charge in [-0.15, -0.1) is 0 Å². The summed E-state index contributed by atoms with van der Waals surface area (Å²) in [5.41, 5.74) is -2.70. The Bertz CT molecular complexity index is 1640. The minimum absolute atomic E-state index is 0.0113. The summed E-state index contributed by atoms with van der Waals surface area (Å²) < 4.78 is 85.8. The number of halogens is 6. The van der Waals surface area contributed by atoms with Crippen LogP contribution in [0.4, 0.5) is 32.0 Å². The van der Waals surface area contributed by atoms with Gasteiger partial charge in [-0.25, -0.2) is 4.79 Å². The van der Waals surface area contributed by atoms with Crippen LogP contribution < -0.4 is 10.1 Å². The molecule has 0 bridgehead atoms. The Labute approximate surface area is 255 Å². The number of benzene rings is 3. The fraction of sp³-hybridized carbons (Fsp3) is 0.172. The molecule has 1 fully saturated rings. The van der Waals surface area contributed by atoms with E-state index in [1.165, 1.54) is 60.6 Å². The Morgan fingerprint density at radius 1 is 0.955 bits per heavy atom. The number of carboxylic acids is 1. The molecule has 44 heavy (non-hydrogen) atoms. The van der Waals surface area contributed by atoms with Crippen molar-refractivity contribution in [2.75, 3.05) is 19.0 Å². The summed E-state index contributed by atoms with van der Waals surface area (Å²) in [5.74, 6) is -1.97. The van der Waals surface area contributed by atoms with Crippen LogP contribution in [0.5, 0.6) is 5.75 Å². The van der Waals surface area contributed by atoms with Crippen molar-refractivity contribution in [2.24, 2.45) is 0 Å². The van der Waals surface area contributed by atoms with E-state index >= 15 is 0 Å². The van der Waals surface area contributed by atoms with Gasteiger partial charge in [-0.05, 0) is 71.8 Å². The first-order chi connectivity index (χ1) is 20.6. The van der Waals surface area contributed by atoms with Crippen LogP contribution in [0.15, 0.2) is 65.6 Å². The molecule has 0 aromatic heterocycles. The summed E-state index contributed by atoms with van der Waals surface area (Å²) in [4.78, 5) is 37.8. The number of thioether (sulfide) groups is 1. The number of methoxy groups -OCH3 is 1. The SMILES string of the molecule is COc1ccc(-c2cc(C(F)(F)F)cc(C(F)(F)F)c2)cc1C=C1SC(=S)N(CCC(=O)Nc2ccc(C(=O)O)cc2)C1=O. The summed E-state index contributed by atoms with van der Waals surface area (Å²) in [7, 11) is 1.30. The molecule has 0 saturated carbocycles. The molecule has 230 valence electrons. The average molecular weight is 655 g/mol. The van der Waals surface area contributed by atoms with Crippen LogP contribution in [0.2, 0.25) is 0 Å². The fourth-order valence-corrected chi connectivity index (χ4v) is 5.41. The van der Waals surface area contributed by atoms with E-state index in [0.717, 1.165) is 11.8 Å². The van der Waals surface area contributed by atoms with Crippen LogP contribution in [0.1, 0.15) is 33.5 Å². The van der Waals surface area contributed by atoms with E-state index in [9.17, 15) is 40.7 Å². The first kappa shape index (κ1) is 32.5. The Kier molecular flexibility index (Phi) is 9.39. The van der Waals surface area contributed by atoms with E-state index in [1.807, 2.05) is 0 Å². The van der Waals surface area contributed by atoms with Gasteiger partial charge in [-0.1, -0.05) is 30.0 Å². The van der Waals surface area contributed by atoms with Crippen LogP contribution >= 0.6 is 24.0 Å². The topological polar surface area (TPSA) is 95.9 Å². The zero-order valence-electron chi connectivity index (χ0n) is 22.4. The van der Waals surface area contributed by atoms with Gasteiger partial charge >= 0.3 is 18.3 Å². The number of ether oxygens (including phenoxy) is 1. The number of carbonyl (C=O) groups excluding carboxylic acids is 2. The molecule has 1 saturated heterocycles. The second-order valence-corrected chi connectivity index (χ2v) is 10.9. The van der Waals surface area contributed by atoms with Gasteiger partial charge in [0, 0.05) is 24.2 Å². The van der Waals surface area contributed by atoms with Crippen molar-refractivity contribution in [3.8, 4) is 16.9 Å². The first-order valence-corrected chi connectivity index (χ1v) is 13.7. The minimum atomic E-state index is -5.03. The normalized spacial score (nSPS) is 14.7. The number of hydrogen-bond donors (Lipinski definition) is 2. The van der Waals surface area contributed by atoms with Crippen molar-refractivity contribution in [3.05, 3.63) is 87.8 Å². The van der Waals surface area contributed by atoms with Gasteiger partial charge in [-0.2, -0.15) is 26.3 Å². The highest BCUT2D eigenvalue weighted by molar-refractivity contribution is 8.26. The summed E-state index contributed by atoms with van der Waals surface area (Å²) in [6.07, 6.45) is -8.86. The summed E-state index contributed by atoms with van der Waals surface area (Å²) in [6, 6.07) is 10.6. The van der Waals surface area contributed by atoms with E-state index in [2.05, 4.69) is 5.32 Å². The third-order valence-electron chi connectivity index (χ3n) is 6.29. The molecule has 4 rings (SSSR count). The number of carboxylic acid groups (broad SMARTS) is 1. The number of aromatic carboxylic acids is 1. The minimum Gasteiger partial charge on any atom is -0.496 e. The second-order valence-electron chi connectivity index (χ2n) is 9.27. The quantitative estimate of drug-likeness (QED) is 0.149. The van der Waals surface area contributed by atoms with Gasteiger partial charge < -0.3 is 15.2 Å². The average Bonchev–Trinajstić information content (AvgIpc) is 3.22. The van der Waals surface area contributed by atoms with Crippen LogP contribution in [-0.2, 0) is 21.9 Å². The Morgan fingerprint density at radius 3 is 2.11 bits per heavy atom. The van der Waals surface area contributed by atoms with Crippen molar-refractivity contribution in [2.45, 2.75) is 18.8 Å². The molecule has 0 aliphatic carbocycles. The van der Waals surface area contributed by atoms with Gasteiger partial charge in [0.05, 0.1) is 28.7 Å². The van der Waals surface area contributed by atoms with Crippen LogP contribution in [0, 0.1) is 0 Å². The second kappa shape index (κ2) is 12.7. The van der Waals surface area contributed by atoms with Gasteiger partial charge in [-0.3, -0.25) is 14.5 Å². The van der Waals surface area contributed by atoms with E-state index in [1.54, 1.807) is 0 Å². The van der Waals surface area contributed by atoms with E-state index < -0.39 is 41.3 Å². The smallest absolute Gasteiger partial charge is 0.416 e. The lowest BCUT2D eigenvalue weighted by molar-refractivity contribution is -0.143. The number of hydrogen-bond acceptors (Lipinski definition) is 6. The highest BCUT2D eigenvalue weighted by Gasteiger charge is 2.37. The molecular formula is C29H20F6N2O5S2. The van der Waals surface area contributed by atoms with Gasteiger partial charge in [0.1, 0.15) is 10.1 Å². The molecule has 3 aromatic rings. The third kappa shape index (κ3) is 7.58. The number of anilines is 1. The molecule has 1 heterocycles. The van der Waals surface area contributed by atoms with E-state index in [-0.39, 0.29) is 56.3 Å². The fourth-order valence-electron chi connectivity index (χ4n) is 4.12. The molecule has 1 aliphatic heterocycles. The summed E-state index contributed by atoms with van der Waals surface area (Å²) in [5, 5.41) is 11.6. The number of amides is 2. The number of nitrogens with one attached hydrogen (secondary N) is 1. The van der Waals surface area contributed by atoms with Crippen molar-refractivity contribution in [1.29, 1.82) is 0 Å². The zero-order chi connectivity index (χ0) is 32.4. The predicted molar refractivity (Wildman–Crippen MR) is 155 cm³/mol. The molecule has 7 nitrogen and oxygen atoms in total. The summed E-state index contributed by atoms with van der Waals surface area (Å²) in [6.45, 7) is -0.0946. The maximum Gasteiger partial charge on any atom is 0.416 e. The highest BCUT2D eigenvalue weighted by Crippen LogP contribution is 2.40. The highest BCUT2D eigenvalue weighted by atomic mass is 32.2. The maximum absolute atomic E-state index is 13.4. The molecule has 1 aliphatic rings. The lowest BCUT2D eigenvalue weighted by Gasteiger charge is -2.15. The zero-order valence-corrected chi connectivity index (χ0v) is 24.0. The van der Waals surface area contributed by atoms with Crippen molar-refractivity contribution in [3.63, 3.8) is 0 Å². The number of nitrogens with zero attached hydrogens (tertiary/aromatic N) is 1. The van der Waals surface area contributed by atoms with Gasteiger partial charge in [0.15, 0.2) is 0 Å². The molecule has 0 atom stereocenters. The van der Waals surface area contributed by atoms with Crippen molar-refractivity contribution >= 4 is 57.8 Å². The largest absolute Gasteiger partial charge is 0.496 e. The first-order valence-electron chi connectivity index (χ1n) is 12.4. The number of alkyl halides is 6. The Balaban J connectivity index is 1.55. The molecule has 0 spiro atoms. The maximum atomic E-state index is 13.4. The van der Waals surface area contributed by atoms with E-state index in [4.69, 9.17) is 22.1 Å². The molecule has 2 N–H and O–H groups in total. The molecule has 3 aromatic carbocycles. The number of carbonyl (C=O) groups is 3. The molecular weight excluding hydrogens is 634 g/mol. The molecule has 0 radical (unpaired) electrons. The van der Waals surface area contributed by atoms with Gasteiger partial charge in [0.2, 0.25) is 5.91 Å². The number of rotatable bonds is 8. The van der Waals surface area contributed by atoms with Crippen LogP contribution in [0.25, 0.3) is 17.2 Å². The molecule has 2 amide bonds. The molecule has 15 heteroatoms. The predicted octanol–water partition coefficient (Wildman–Crippen LogP) is 7.33. The Morgan fingerprint density at radius 2 is 1.57 bits per heavy atom. The monoisotopic (exact) mass is 654 g/mol. The lowest BCUT2D eigenvalue weighted by Crippen LogP contribution is -2.31.